The van der Waals surface area contributed by atoms with Crippen LogP contribution in [-0.4, -0.2) is 17.9 Å². The molecule has 0 radical (unpaired) electrons. The monoisotopic (exact) mass is 247 g/mol. The first-order chi connectivity index (χ1) is 8.44. The van der Waals surface area contributed by atoms with Gasteiger partial charge in [-0.2, -0.15) is 0 Å². The van der Waals surface area contributed by atoms with Gasteiger partial charge in [0.1, 0.15) is 11.5 Å². The zero-order valence-electron chi connectivity index (χ0n) is 11.2. The SMILES string of the molecule is CC(C)(N)CC(=O)CCc1ccc2c(c1)CCO2. The molecule has 0 saturated carbocycles. The van der Waals surface area contributed by atoms with Gasteiger partial charge in [-0.1, -0.05) is 12.1 Å². The summed E-state index contributed by atoms with van der Waals surface area (Å²) in [7, 11) is 0. The fourth-order valence-corrected chi connectivity index (χ4v) is 2.28. The zero-order chi connectivity index (χ0) is 13.2. The molecule has 0 spiro atoms. The molecule has 3 heteroatoms. The molecule has 0 amide bonds. The first-order valence-corrected chi connectivity index (χ1v) is 6.49. The molecule has 0 saturated heterocycles. The molecule has 1 heterocycles. The van der Waals surface area contributed by atoms with Gasteiger partial charge in [-0.05, 0) is 37.5 Å². The zero-order valence-corrected chi connectivity index (χ0v) is 11.2. The van der Waals surface area contributed by atoms with Gasteiger partial charge in [0.25, 0.3) is 0 Å². The lowest BCUT2D eigenvalue weighted by atomic mass is 9.95. The smallest absolute Gasteiger partial charge is 0.135 e. The number of carbonyl (C=O) groups is 1. The predicted molar refractivity (Wildman–Crippen MR) is 71.9 cm³/mol. The van der Waals surface area contributed by atoms with Crippen molar-refractivity contribution >= 4 is 5.78 Å². The second-order valence-corrected chi connectivity index (χ2v) is 5.74. The van der Waals surface area contributed by atoms with Crippen molar-refractivity contribution in [1.82, 2.24) is 0 Å². The first kappa shape index (κ1) is 13.1. The Labute approximate surface area is 108 Å². The van der Waals surface area contributed by atoms with Crippen molar-refractivity contribution < 1.29 is 9.53 Å². The van der Waals surface area contributed by atoms with Crippen LogP contribution in [0.5, 0.6) is 5.75 Å². The molecule has 0 unspecified atom stereocenters. The van der Waals surface area contributed by atoms with E-state index in [9.17, 15) is 4.79 Å². The number of nitrogens with two attached hydrogens (primary N) is 1. The van der Waals surface area contributed by atoms with Crippen molar-refractivity contribution in [3.8, 4) is 5.75 Å². The Morgan fingerprint density at radius 3 is 2.94 bits per heavy atom. The van der Waals surface area contributed by atoms with Crippen LogP contribution in [0.3, 0.4) is 0 Å². The van der Waals surface area contributed by atoms with Crippen LogP contribution in [0.2, 0.25) is 0 Å². The van der Waals surface area contributed by atoms with Gasteiger partial charge in [-0.3, -0.25) is 4.79 Å². The average molecular weight is 247 g/mol. The molecule has 1 aromatic carbocycles. The fourth-order valence-electron chi connectivity index (χ4n) is 2.28. The Morgan fingerprint density at radius 2 is 2.22 bits per heavy atom. The number of benzene rings is 1. The minimum atomic E-state index is -0.400. The molecule has 2 rings (SSSR count). The highest BCUT2D eigenvalue weighted by molar-refractivity contribution is 5.79. The van der Waals surface area contributed by atoms with Gasteiger partial charge in [-0.25, -0.2) is 0 Å². The van der Waals surface area contributed by atoms with Gasteiger partial charge in [0.2, 0.25) is 0 Å². The molecule has 18 heavy (non-hydrogen) atoms. The van der Waals surface area contributed by atoms with Gasteiger partial charge in [-0.15, -0.1) is 0 Å². The summed E-state index contributed by atoms with van der Waals surface area (Å²) in [6.07, 6.45) is 2.79. The number of carbonyl (C=O) groups excluding carboxylic acids is 1. The number of ketones is 1. The maximum Gasteiger partial charge on any atom is 0.135 e. The molecule has 1 aromatic rings. The lowest BCUT2D eigenvalue weighted by Gasteiger charge is -2.16. The highest BCUT2D eigenvalue weighted by Gasteiger charge is 2.17. The van der Waals surface area contributed by atoms with Crippen molar-refractivity contribution in [2.24, 2.45) is 5.73 Å². The summed E-state index contributed by atoms with van der Waals surface area (Å²) in [5, 5.41) is 0. The van der Waals surface area contributed by atoms with Gasteiger partial charge >= 0.3 is 0 Å². The van der Waals surface area contributed by atoms with E-state index in [1.54, 1.807) is 0 Å². The number of ether oxygens (including phenoxy) is 1. The standard InChI is InChI=1S/C15H21NO2/c1-15(2,16)10-13(17)5-3-11-4-6-14-12(9-11)7-8-18-14/h4,6,9H,3,5,7-8,10,16H2,1-2H3. The molecular formula is C15H21NO2. The third-order valence-corrected chi connectivity index (χ3v) is 3.10. The molecule has 0 fully saturated rings. The molecule has 1 aliphatic rings. The topological polar surface area (TPSA) is 52.3 Å². The van der Waals surface area contributed by atoms with Crippen molar-refractivity contribution in [3.63, 3.8) is 0 Å². The van der Waals surface area contributed by atoms with Crippen molar-refractivity contribution in [1.29, 1.82) is 0 Å². The van der Waals surface area contributed by atoms with E-state index in [2.05, 4.69) is 6.07 Å². The second-order valence-electron chi connectivity index (χ2n) is 5.74. The molecule has 98 valence electrons. The maximum absolute atomic E-state index is 11.8. The molecule has 3 nitrogen and oxygen atoms in total. The molecule has 1 aliphatic heterocycles. The van der Waals surface area contributed by atoms with Gasteiger partial charge in [0, 0.05) is 24.8 Å². The van der Waals surface area contributed by atoms with E-state index >= 15 is 0 Å². The van der Waals surface area contributed by atoms with E-state index in [-0.39, 0.29) is 5.78 Å². The molecule has 0 bridgehead atoms. The minimum absolute atomic E-state index is 0.235. The molecular weight excluding hydrogens is 226 g/mol. The second kappa shape index (κ2) is 5.11. The number of rotatable bonds is 5. The van der Waals surface area contributed by atoms with Crippen molar-refractivity contribution in [2.75, 3.05) is 6.61 Å². The summed E-state index contributed by atoms with van der Waals surface area (Å²) in [5.74, 6) is 1.23. The van der Waals surface area contributed by atoms with E-state index in [4.69, 9.17) is 10.5 Å². The molecule has 0 atom stereocenters. The van der Waals surface area contributed by atoms with E-state index in [0.717, 1.165) is 25.2 Å². The van der Waals surface area contributed by atoms with Crippen molar-refractivity contribution in [3.05, 3.63) is 29.3 Å². The summed E-state index contributed by atoms with van der Waals surface area (Å²) in [6.45, 7) is 4.55. The lowest BCUT2D eigenvalue weighted by molar-refractivity contribution is -0.119. The predicted octanol–water partition coefficient (Wildman–Crippen LogP) is 2.25. The third kappa shape index (κ3) is 3.57. The van der Waals surface area contributed by atoms with Crippen LogP contribution < -0.4 is 10.5 Å². The quantitative estimate of drug-likeness (QED) is 0.868. The van der Waals surface area contributed by atoms with E-state index in [1.165, 1.54) is 11.1 Å². The molecule has 0 aromatic heterocycles. The summed E-state index contributed by atoms with van der Waals surface area (Å²) >= 11 is 0. The normalized spacial score (nSPS) is 14.2. The Balaban J connectivity index is 1.89. The number of hydrogen-bond acceptors (Lipinski definition) is 3. The van der Waals surface area contributed by atoms with Gasteiger partial charge in [0.15, 0.2) is 0 Å². The highest BCUT2D eigenvalue weighted by Crippen LogP contribution is 2.26. The first-order valence-electron chi connectivity index (χ1n) is 6.49. The van der Waals surface area contributed by atoms with Gasteiger partial charge in [0.05, 0.1) is 6.61 Å². The van der Waals surface area contributed by atoms with Crippen LogP contribution in [-0.2, 0) is 17.6 Å². The number of hydrogen-bond donors (Lipinski definition) is 1. The van der Waals surface area contributed by atoms with Crippen LogP contribution in [0, 0.1) is 0 Å². The Bertz CT molecular complexity index is 446. The minimum Gasteiger partial charge on any atom is -0.493 e. The van der Waals surface area contributed by atoms with E-state index < -0.39 is 5.54 Å². The Kier molecular flexibility index (Phi) is 3.71. The summed E-state index contributed by atoms with van der Waals surface area (Å²) in [4.78, 5) is 11.8. The highest BCUT2D eigenvalue weighted by atomic mass is 16.5. The van der Waals surface area contributed by atoms with Crippen LogP contribution >= 0.6 is 0 Å². The molecule has 0 aliphatic carbocycles. The number of aryl methyl sites for hydroxylation is 1. The summed E-state index contributed by atoms with van der Waals surface area (Å²) in [5.41, 5.74) is 7.92. The van der Waals surface area contributed by atoms with E-state index in [1.807, 2.05) is 26.0 Å². The van der Waals surface area contributed by atoms with Crippen LogP contribution in [0.4, 0.5) is 0 Å². The maximum atomic E-state index is 11.8. The Hall–Kier alpha value is -1.35. The van der Waals surface area contributed by atoms with Gasteiger partial charge < -0.3 is 10.5 Å². The summed E-state index contributed by atoms with van der Waals surface area (Å²) in [6, 6.07) is 6.21. The largest absolute Gasteiger partial charge is 0.493 e. The van der Waals surface area contributed by atoms with Crippen LogP contribution in [0.1, 0.15) is 37.8 Å². The number of Topliss-reactive ketones (excluding diaryl/α,β-unsaturated/α-hetero) is 1. The Morgan fingerprint density at radius 1 is 1.44 bits per heavy atom. The summed E-state index contributed by atoms with van der Waals surface area (Å²) < 4.78 is 5.46. The van der Waals surface area contributed by atoms with Crippen LogP contribution in [0.15, 0.2) is 18.2 Å². The molecule has 2 N–H and O–H groups in total. The fraction of sp³-hybridized carbons (Fsp3) is 0.533. The average Bonchev–Trinajstić information content (AvgIpc) is 2.71. The lowest BCUT2D eigenvalue weighted by Crippen LogP contribution is -2.34. The van der Waals surface area contributed by atoms with Crippen LogP contribution in [0.25, 0.3) is 0 Å². The van der Waals surface area contributed by atoms with E-state index in [0.29, 0.717) is 12.8 Å². The number of fused-ring (bicyclic) bond motifs is 1. The third-order valence-electron chi connectivity index (χ3n) is 3.10. The van der Waals surface area contributed by atoms with Crippen molar-refractivity contribution in [2.45, 2.75) is 45.1 Å².